The molecule has 0 unspecified atom stereocenters. The zero-order chi connectivity index (χ0) is 19.2. The van der Waals surface area contributed by atoms with Gasteiger partial charge in [-0.05, 0) is 62.8 Å². The summed E-state index contributed by atoms with van der Waals surface area (Å²) in [6, 6.07) is 9.23. The van der Waals surface area contributed by atoms with Gasteiger partial charge in [0.05, 0.1) is 24.8 Å². The lowest BCUT2D eigenvalue weighted by molar-refractivity contribution is -0.131. The number of hydrogen-bond donors (Lipinski definition) is 1. The molecule has 1 N–H and O–H groups in total. The molecule has 1 aromatic carbocycles. The number of ether oxygens (including phenoxy) is 1. The minimum atomic E-state index is -0.399. The number of rotatable bonds is 5. The van der Waals surface area contributed by atoms with Gasteiger partial charge in [0.25, 0.3) is 0 Å². The average Bonchev–Trinajstić information content (AvgIpc) is 3.12. The molecule has 1 saturated carbocycles. The van der Waals surface area contributed by atoms with Gasteiger partial charge < -0.3 is 15.0 Å². The van der Waals surface area contributed by atoms with E-state index >= 15 is 0 Å². The van der Waals surface area contributed by atoms with Crippen LogP contribution in [-0.4, -0.2) is 41.6 Å². The first-order valence-corrected chi connectivity index (χ1v) is 9.81. The zero-order valence-corrected chi connectivity index (χ0v) is 16.0. The Kier molecular flexibility index (Phi) is 6.61. The fourth-order valence-electron chi connectivity index (χ4n) is 3.86. The lowest BCUT2D eigenvalue weighted by atomic mass is 9.93. The molecule has 1 heterocycles. The molecular weight excluding hydrogens is 362 g/mol. The molecule has 1 aromatic rings. The summed E-state index contributed by atoms with van der Waals surface area (Å²) in [6.45, 7) is 0.226. The molecular formula is C21H24ClN3O2. The number of nitrogens with zero attached hydrogens (tertiary/aromatic N) is 2. The molecule has 2 aliphatic rings. The fourth-order valence-corrected chi connectivity index (χ4v) is 3.99. The van der Waals surface area contributed by atoms with Crippen LogP contribution >= 0.6 is 11.6 Å². The van der Waals surface area contributed by atoms with Gasteiger partial charge in [0.15, 0.2) is 0 Å². The van der Waals surface area contributed by atoms with E-state index in [2.05, 4.69) is 17.3 Å². The van der Waals surface area contributed by atoms with Gasteiger partial charge in [-0.1, -0.05) is 17.5 Å². The van der Waals surface area contributed by atoms with Crippen molar-refractivity contribution in [2.24, 2.45) is 0 Å². The summed E-state index contributed by atoms with van der Waals surface area (Å²) in [6.07, 6.45) is 10.8. The number of halogens is 1. The monoisotopic (exact) mass is 385 g/mol. The van der Waals surface area contributed by atoms with Crippen LogP contribution in [0.4, 0.5) is 0 Å². The van der Waals surface area contributed by atoms with E-state index in [0.29, 0.717) is 17.9 Å². The summed E-state index contributed by atoms with van der Waals surface area (Å²) in [5, 5.41) is 13.3. The zero-order valence-electron chi connectivity index (χ0n) is 15.2. The number of likely N-dealkylation sites (tertiary alicyclic amines) is 1. The molecule has 2 fully saturated rings. The Balaban J connectivity index is 1.43. The van der Waals surface area contributed by atoms with Crippen LogP contribution in [0.2, 0.25) is 5.02 Å². The first-order valence-electron chi connectivity index (χ1n) is 9.43. The van der Waals surface area contributed by atoms with E-state index in [-0.39, 0.29) is 30.6 Å². The van der Waals surface area contributed by atoms with Crippen molar-refractivity contribution in [2.45, 2.75) is 62.8 Å². The van der Waals surface area contributed by atoms with Gasteiger partial charge in [-0.3, -0.25) is 4.79 Å². The Morgan fingerprint density at radius 2 is 1.85 bits per heavy atom. The Hall–Kier alpha value is -2.21. The Morgan fingerprint density at radius 1 is 1.19 bits per heavy atom. The van der Waals surface area contributed by atoms with Gasteiger partial charge in [-0.2, -0.15) is 5.26 Å². The second-order valence-corrected chi connectivity index (χ2v) is 7.57. The number of benzene rings is 1. The summed E-state index contributed by atoms with van der Waals surface area (Å²) < 4.78 is 6.00. The maximum atomic E-state index is 12.5. The molecule has 3 rings (SSSR count). The number of carbonyl (C=O) groups is 1. The summed E-state index contributed by atoms with van der Waals surface area (Å²) in [7, 11) is 0. The average molecular weight is 386 g/mol. The third-order valence-corrected chi connectivity index (χ3v) is 5.60. The van der Waals surface area contributed by atoms with E-state index in [9.17, 15) is 10.1 Å². The molecule has 27 heavy (non-hydrogen) atoms. The van der Waals surface area contributed by atoms with Gasteiger partial charge in [0.1, 0.15) is 11.8 Å². The predicted molar refractivity (Wildman–Crippen MR) is 104 cm³/mol. The molecule has 0 bridgehead atoms. The normalized spacial score (nSPS) is 27.6. The third-order valence-electron chi connectivity index (χ3n) is 5.35. The molecule has 1 saturated heterocycles. The smallest absolute Gasteiger partial charge is 0.238 e. The highest BCUT2D eigenvalue weighted by Crippen LogP contribution is 2.26. The van der Waals surface area contributed by atoms with Gasteiger partial charge in [-0.25, -0.2) is 0 Å². The van der Waals surface area contributed by atoms with E-state index < -0.39 is 6.04 Å². The number of nitriles is 1. The molecule has 1 aliphatic carbocycles. The molecule has 5 nitrogen and oxygen atoms in total. The summed E-state index contributed by atoms with van der Waals surface area (Å²) in [5.74, 6) is 3.39. The highest BCUT2D eigenvalue weighted by atomic mass is 35.5. The van der Waals surface area contributed by atoms with Crippen LogP contribution in [0.15, 0.2) is 24.3 Å². The Labute approximate surface area is 165 Å². The van der Waals surface area contributed by atoms with E-state index in [1.807, 2.05) is 24.3 Å². The molecule has 0 aromatic heterocycles. The van der Waals surface area contributed by atoms with Crippen LogP contribution in [0.3, 0.4) is 0 Å². The lowest BCUT2D eigenvalue weighted by Crippen LogP contribution is -2.47. The molecule has 2 atom stereocenters. The van der Waals surface area contributed by atoms with Gasteiger partial charge in [-0.15, -0.1) is 6.42 Å². The van der Waals surface area contributed by atoms with Crippen LogP contribution in [0.1, 0.15) is 38.5 Å². The quantitative estimate of drug-likeness (QED) is 0.791. The SMILES string of the molecule is C#C[C@H]1CC[C@@H](C#N)N1C(=O)CNC1CCC(Oc2ccc(Cl)cc2)CC1. The number of carbonyl (C=O) groups excluding carboxylic acids is 1. The van der Waals surface area contributed by atoms with Crippen molar-refractivity contribution in [1.29, 1.82) is 5.26 Å². The van der Waals surface area contributed by atoms with Crippen molar-refractivity contribution >= 4 is 17.5 Å². The van der Waals surface area contributed by atoms with Crippen molar-refractivity contribution in [2.75, 3.05) is 6.54 Å². The molecule has 1 aliphatic heterocycles. The summed E-state index contributed by atoms with van der Waals surface area (Å²) in [5.41, 5.74) is 0. The van der Waals surface area contributed by atoms with E-state index in [4.69, 9.17) is 22.8 Å². The van der Waals surface area contributed by atoms with E-state index in [1.54, 1.807) is 4.90 Å². The fraction of sp³-hybridized carbons (Fsp3) is 0.524. The largest absolute Gasteiger partial charge is 0.490 e. The van der Waals surface area contributed by atoms with Crippen molar-refractivity contribution in [3.8, 4) is 24.2 Å². The second-order valence-electron chi connectivity index (χ2n) is 7.13. The van der Waals surface area contributed by atoms with Gasteiger partial charge in [0.2, 0.25) is 5.91 Å². The van der Waals surface area contributed by atoms with Crippen molar-refractivity contribution in [1.82, 2.24) is 10.2 Å². The van der Waals surface area contributed by atoms with Crippen LogP contribution in [0, 0.1) is 23.7 Å². The topological polar surface area (TPSA) is 65.4 Å². The maximum absolute atomic E-state index is 12.5. The van der Waals surface area contributed by atoms with Crippen LogP contribution in [0.5, 0.6) is 5.75 Å². The van der Waals surface area contributed by atoms with Crippen LogP contribution in [-0.2, 0) is 4.79 Å². The van der Waals surface area contributed by atoms with Gasteiger partial charge in [0, 0.05) is 11.1 Å². The predicted octanol–water partition coefficient (Wildman–Crippen LogP) is 3.14. The third kappa shape index (κ3) is 4.95. The standard InChI is InChI=1S/C21H24ClN3O2/c1-2-17-7-8-18(13-23)25(17)21(26)14-24-16-5-11-20(12-6-16)27-19-9-3-15(22)4-10-19/h1,3-4,9-10,16-18,20,24H,5-8,11-12,14H2/t16?,17-,18-,20?/m0/s1. The van der Waals surface area contributed by atoms with Crippen LogP contribution < -0.4 is 10.1 Å². The van der Waals surface area contributed by atoms with Crippen molar-refractivity contribution < 1.29 is 9.53 Å². The first kappa shape index (κ1) is 19.5. The Morgan fingerprint density at radius 3 is 2.48 bits per heavy atom. The minimum absolute atomic E-state index is 0.0819. The number of nitrogens with one attached hydrogen (secondary N) is 1. The maximum Gasteiger partial charge on any atom is 0.238 e. The highest BCUT2D eigenvalue weighted by molar-refractivity contribution is 6.30. The van der Waals surface area contributed by atoms with Crippen LogP contribution in [0.25, 0.3) is 0 Å². The minimum Gasteiger partial charge on any atom is -0.490 e. The number of terminal acetylenes is 1. The first-order chi connectivity index (χ1) is 13.1. The molecule has 0 spiro atoms. The molecule has 1 amide bonds. The highest BCUT2D eigenvalue weighted by Gasteiger charge is 2.36. The molecule has 0 radical (unpaired) electrons. The van der Waals surface area contributed by atoms with E-state index in [1.165, 1.54) is 0 Å². The molecule has 6 heteroatoms. The van der Waals surface area contributed by atoms with Gasteiger partial charge >= 0.3 is 0 Å². The summed E-state index contributed by atoms with van der Waals surface area (Å²) in [4.78, 5) is 14.1. The molecule has 142 valence electrons. The summed E-state index contributed by atoms with van der Waals surface area (Å²) >= 11 is 5.89. The Bertz CT molecular complexity index is 707. The number of amides is 1. The van der Waals surface area contributed by atoms with Crippen molar-refractivity contribution in [3.05, 3.63) is 29.3 Å². The van der Waals surface area contributed by atoms with E-state index in [0.717, 1.165) is 31.4 Å². The second kappa shape index (κ2) is 9.13. The number of hydrogen-bond acceptors (Lipinski definition) is 4. The lowest BCUT2D eigenvalue weighted by Gasteiger charge is -2.30. The van der Waals surface area contributed by atoms with Crippen molar-refractivity contribution in [3.63, 3.8) is 0 Å².